The van der Waals surface area contributed by atoms with E-state index in [1.807, 2.05) is 0 Å². The molecule has 2 rings (SSSR count). The summed E-state index contributed by atoms with van der Waals surface area (Å²) in [5.41, 5.74) is -0.462. The third-order valence-electron chi connectivity index (χ3n) is 2.88. The summed E-state index contributed by atoms with van der Waals surface area (Å²) in [5, 5.41) is 13.9. The number of nitrogens with zero attached hydrogens (tertiary/aromatic N) is 1. The Morgan fingerprint density at radius 3 is 2.45 bits per heavy atom. The highest BCUT2D eigenvalue weighted by molar-refractivity contribution is 7.87. The van der Waals surface area contributed by atoms with Gasteiger partial charge < -0.3 is 5.32 Å². The van der Waals surface area contributed by atoms with Gasteiger partial charge in [0.1, 0.15) is 0 Å². The Labute approximate surface area is 123 Å². The predicted molar refractivity (Wildman–Crippen MR) is 74.5 cm³/mol. The van der Waals surface area contributed by atoms with Gasteiger partial charge >= 0.3 is 10.1 Å². The van der Waals surface area contributed by atoms with Crippen molar-refractivity contribution in [3.05, 3.63) is 34.4 Å². The summed E-state index contributed by atoms with van der Waals surface area (Å²) in [7, 11) is -4.11. The summed E-state index contributed by atoms with van der Waals surface area (Å²) in [5.74, 6) is 0. The third kappa shape index (κ3) is 3.89. The van der Waals surface area contributed by atoms with Gasteiger partial charge in [-0.3, -0.25) is 14.3 Å². The zero-order valence-electron chi connectivity index (χ0n) is 10.5. The van der Waals surface area contributed by atoms with Gasteiger partial charge in [-0.15, -0.1) is 12.4 Å². The van der Waals surface area contributed by atoms with Crippen LogP contribution in [0.2, 0.25) is 0 Å². The van der Waals surface area contributed by atoms with Gasteiger partial charge in [-0.1, -0.05) is 12.1 Å². The Hall–Kier alpha value is -1.22. The molecule has 1 saturated heterocycles. The molecule has 0 aromatic heterocycles. The number of hydrogen-bond donors (Lipinski definition) is 1. The van der Waals surface area contributed by atoms with Crippen molar-refractivity contribution in [2.24, 2.45) is 0 Å². The lowest BCUT2D eigenvalue weighted by atomic mass is 10.1. The molecule has 0 spiro atoms. The largest absolute Gasteiger partial charge is 0.317 e. The van der Waals surface area contributed by atoms with Crippen molar-refractivity contribution in [2.45, 2.75) is 23.8 Å². The lowest BCUT2D eigenvalue weighted by Crippen LogP contribution is -2.33. The fourth-order valence-electron chi connectivity index (χ4n) is 1.94. The number of para-hydroxylation sites is 1. The van der Waals surface area contributed by atoms with Crippen molar-refractivity contribution >= 4 is 28.2 Å². The molecule has 1 aliphatic rings. The van der Waals surface area contributed by atoms with E-state index in [2.05, 4.69) is 5.32 Å². The van der Waals surface area contributed by atoms with Crippen LogP contribution in [0.1, 0.15) is 12.8 Å². The van der Waals surface area contributed by atoms with Crippen LogP contribution in [0.5, 0.6) is 0 Å². The fraction of sp³-hybridized carbons (Fsp3) is 0.455. The number of hydrogen-bond acceptors (Lipinski definition) is 6. The average Bonchev–Trinajstić information content (AvgIpc) is 2.39. The molecule has 0 bridgehead atoms. The van der Waals surface area contributed by atoms with E-state index in [1.54, 1.807) is 0 Å². The van der Waals surface area contributed by atoms with Gasteiger partial charge in [0.15, 0.2) is 4.90 Å². The first-order chi connectivity index (χ1) is 9.00. The van der Waals surface area contributed by atoms with Gasteiger partial charge in [0, 0.05) is 6.07 Å². The summed E-state index contributed by atoms with van der Waals surface area (Å²) in [4.78, 5) is 9.72. The van der Waals surface area contributed by atoms with Crippen LogP contribution in [0.4, 0.5) is 5.69 Å². The monoisotopic (exact) mass is 322 g/mol. The normalized spacial score (nSPS) is 16.4. The zero-order chi connectivity index (χ0) is 13.9. The summed E-state index contributed by atoms with van der Waals surface area (Å²) in [6.07, 6.45) is 0.714. The van der Waals surface area contributed by atoms with E-state index in [1.165, 1.54) is 18.2 Å². The van der Waals surface area contributed by atoms with Crippen LogP contribution in [0.15, 0.2) is 29.2 Å². The Morgan fingerprint density at radius 1 is 1.25 bits per heavy atom. The molecule has 7 nitrogen and oxygen atoms in total. The summed E-state index contributed by atoms with van der Waals surface area (Å²) < 4.78 is 29.2. The SMILES string of the molecule is Cl.O=[N+]([O-])c1ccccc1S(=O)(=O)OC1CCNCC1. The Kier molecular flexibility index (Phi) is 5.88. The van der Waals surface area contributed by atoms with Crippen LogP contribution in [0.25, 0.3) is 0 Å². The highest BCUT2D eigenvalue weighted by atomic mass is 35.5. The van der Waals surface area contributed by atoms with Crippen LogP contribution in [0, 0.1) is 10.1 Å². The first-order valence-corrected chi connectivity index (χ1v) is 7.29. The standard InChI is InChI=1S/C11H14N2O5S.ClH/c14-13(15)10-3-1-2-4-11(10)19(16,17)18-9-5-7-12-8-6-9;/h1-4,9,12H,5-8H2;1H. The van der Waals surface area contributed by atoms with E-state index in [0.717, 1.165) is 6.07 Å². The maximum atomic E-state index is 12.1. The maximum Gasteiger partial charge on any atom is 0.304 e. The van der Waals surface area contributed by atoms with Crippen LogP contribution in [-0.4, -0.2) is 32.5 Å². The van der Waals surface area contributed by atoms with Crippen molar-refractivity contribution in [1.29, 1.82) is 0 Å². The second-order valence-electron chi connectivity index (χ2n) is 4.22. The Balaban J connectivity index is 0.00000200. The number of rotatable bonds is 4. The van der Waals surface area contributed by atoms with E-state index in [4.69, 9.17) is 4.18 Å². The molecule has 1 aromatic carbocycles. The van der Waals surface area contributed by atoms with E-state index in [9.17, 15) is 18.5 Å². The molecular formula is C11H15ClN2O5S. The smallest absolute Gasteiger partial charge is 0.304 e. The van der Waals surface area contributed by atoms with Gasteiger partial charge in [-0.05, 0) is 32.0 Å². The molecule has 0 aliphatic carbocycles. The number of nitro benzene ring substituents is 1. The average molecular weight is 323 g/mol. The highest BCUT2D eigenvalue weighted by Gasteiger charge is 2.29. The van der Waals surface area contributed by atoms with Crippen molar-refractivity contribution < 1.29 is 17.5 Å². The molecule has 112 valence electrons. The van der Waals surface area contributed by atoms with Gasteiger partial charge in [-0.2, -0.15) is 8.42 Å². The van der Waals surface area contributed by atoms with E-state index >= 15 is 0 Å². The minimum absolute atomic E-state index is 0. The van der Waals surface area contributed by atoms with Gasteiger partial charge in [0.25, 0.3) is 5.69 Å². The molecule has 0 saturated carbocycles. The molecule has 1 aliphatic heterocycles. The third-order valence-corrected chi connectivity index (χ3v) is 4.29. The lowest BCUT2D eigenvalue weighted by Gasteiger charge is -2.22. The number of nitrogens with one attached hydrogen (secondary N) is 1. The predicted octanol–water partition coefficient (Wildman–Crippen LogP) is 1.47. The number of nitro groups is 1. The molecule has 1 aromatic rings. The van der Waals surface area contributed by atoms with E-state index < -0.39 is 31.7 Å². The van der Waals surface area contributed by atoms with E-state index in [-0.39, 0.29) is 12.4 Å². The summed E-state index contributed by atoms with van der Waals surface area (Å²) in [6, 6.07) is 5.20. The summed E-state index contributed by atoms with van der Waals surface area (Å²) >= 11 is 0. The minimum atomic E-state index is -4.11. The van der Waals surface area contributed by atoms with E-state index in [0.29, 0.717) is 25.9 Å². The lowest BCUT2D eigenvalue weighted by molar-refractivity contribution is -0.387. The zero-order valence-corrected chi connectivity index (χ0v) is 12.2. The van der Waals surface area contributed by atoms with Crippen molar-refractivity contribution in [3.8, 4) is 0 Å². The molecule has 0 radical (unpaired) electrons. The second kappa shape index (κ2) is 6.98. The quantitative estimate of drug-likeness (QED) is 0.512. The van der Waals surface area contributed by atoms with Crippen LogP contribution in [0.3, 0.4) is 0 Å². The minimum Gasteiger partial charge on any atom is -0.317 e. The topological polar surface area (TPSA) is 98.5 Å². The first kappa shape index (κ1) is 16.8. The Bertz CT molecular complexity index is 572. The molecule has 1 heterocycles. The fourth-order valence-corrected chi connectivity index (χ4v) is 3.24. The van der Waals surface area contributed by atoms with Crippen LogP contribution in [-0.2, 0) is 14.3 Å². The van der Waals surface area contributed by atoms with Gasteiger partial charge in [0.2, 0.25) is 0 Å². The molecular weight excluding hydrogens is 308 g/mol. The highest BCUT2D eigenvalue weighted by Crippen LogP contribution is 2.26. The van der Waals surface area contributed by atoms with Crippen LogP contribution < -0.4 is 5.32 Å². The molecule has 20 heavy (non-hydrogen) atoms. The maximum absolute atomic E-state index is 12.1. The molecule has 1 N–H and O–H groups in total. The molecule has 1 fully saturated rings. The molecule has 0 amide bonds. The molecule has 9 heteroatoms. The summed E-state index contributed by atoms with van der Waals surface area (Å²) in [6.45, 7) is 1.36. The van der Waals surface area contributed by atoms with Crippen LogP contribution >= 0.6 is 12.4 Å². The van der Waals surface area contributed by atoms with Crippen molar-refractivity contribution in [3.63, 3.8) is 0 Å². The molecule has 0 atom stereocenters. The van der Waals surface area contributed by atoms with Crippen molar-refractivity contribution in [2.75, 3.05) is 13.1 Å². The number of piperidine rings is 1. The van der Waals surface area contributed by atoms with Gasteiger partial charge in [0.05, 0.1) is 11.0 Å². The Morgan fingerprint density at radius 2 is 1.85 bits per heavy atom. The first-order valence-electron chi connectivity index (χ1n) is 5.88. The second-order valence-corrected chi connectivity index (χ2v) is 5.77. The number of halogens is 1. The van der Waals surface area contributed by atoms with Gasteiger partial charge in [-0.25, -0.2) is 0 Å². The number of benzene rings is 1. The molecule has 0 unspecified atom stereocenters. The van der Waals surface area contributed by atoms with Crippen molar-refractivity contribution in [1.82, 2.24) is 5.32 Å².